The van der Waals surface area contributed by atoms with E-state index in [1.165, 1.54) is 0 Å². The van der Waals surface area contributed by atoms with E-state index in [2.05, 4.69) is 6.07 Å². The molecular weight excluding hydrogens is 354 g/mol. The van der Waals surface area contributed by atoms with Crippen molar-refractivity contribution in [1.29, 1.82) is 5.26 Å². The van der Waals surface area contributed by atoms with E-state index in [-0.39, 0.29) is 6.79 Å². The first-order chi connectivity index (χ1) is 12.7. The largest absolute Gasteiger partial charge is 0.454 e. The number of benzene rings is 2. The van der Waals surface area contributed by atoms with Crippen LogP contribution in [0.3, 0.4) is 0 Å². The van der Waals surface area contributed by atoms with Crippen molar-refractivity contribution in [2.24, 2.45) is 0 Å². The van der Waals surface area contributed by atoms with Crippen molar-refractivity contribution >= 4 is 17.3 Å². The van der Waals surface area contributed by atoms with Crippen molar-refractivity contribution in [1.82, 2.24) is 4.57 Å². The molecule has 3 aromatic rings. The molecule has 2 N–H and O–H groups in total. The van der Waals surface area contributed by atoms with Crippen LogP contribution in [-0.4, -0.2) is 11.4 Å². The Hall–Kier alpha value is -3.30. The lowest BCUT2D eigenvalue weighted by atomic mass is 10.2. The zero-order valence-electron chi connectivity index (χ0n) is 13.6. The molecule has 26 heavy (non-hydrogen) atoms. The molecule has 1 aromatic heterocycles. The molecule has 0 fully saturated rings. The van der Waals surface area contributed by atoms with E-state index in [1.54, 1.807) is 34.9 Å². The van der Waals surface area contributed by atoms with Crippen molar-refractivity contribution < 1.29 is 14.2 Å². The Morgan fingerprint density at radius 1 is 1.15 bits per heavy atom. The molecule has 0 bridgehead atoms. The van der Waals surface area contributed by atoms with Crippen LogP contribution in [0.5, 0.6) is 23.1 Å². The van der Waals surface area contributed by atoms with Gasteiger partial charge in [-0.15, -0.1) is 0 Å². The minimum atomic E-state index is 0.183. The maximum atomic E-state index is 9.44. The summed E-state index contributed by atoms with van der Waals surface area (Å²) < 4.78 is 18.3. The van der Waals surface area contributed by atoms with Crippen LogP contribution in [0.1, 0.15) is 11.3 Å². The Morgan fingerprint density at radius 2 is 1.96 bits per heavy atom. The minimum Gasteiger partial charge on any atom is -0.454 e. The van der Waals surface area contributed by atoms with Crippen LogP contribution in [0.25, 0.3) is 0 Å². The SMILES string of the molecule is N#Cc1cc(N)c(Oc2ccc3c(c2)OCO3)n1Cc1ccccc1Cl. The molecule has 0 atom stereocenters. The molecule has 1 aliphatic heterocycles. The van der Waals surface area contributed by atoms with Crippen LogP contribution in [0.4, 0.5) is 5.69 Å². The van der Waals surface area contributed by atoms with E-state index in [1.807, 2.05) is 18.2 Å². The highest BCUT2D eigenvalue weighted by Crippen LogP contribution is 2.38. The third-order valence-corrected chi connectivity index (χ3v) is 4.40. The Bertz CT molecular complexity index is 1020. The zero-order valence-corrected chi connectivity index (χ0v) is 14.4. The number of hydrogen-bond acceptors (Lipinski definition) is 5. The number of nitrogens with two attached hydrogens (primary N) is 1. The van der Waals surface area contributed by atoms with Gasteiger partial charge in [0.05, 0.1) is 12.2 Å². The van der Waals surface area contributed by atoms with Gasteiger partial charge >= 0.3 is 0 Å². The highest BCUT2D eigenvalue weighted by molar-refractivity contribution is 6.31. The minimum absolute atomic E-state index is 0.183. The number of nitrogen functional groups attached to an aromatic ring is 1. The van der Waals surface area contributed by atoms with E-state index in [4.69, 9.17) is 31.5 Å². The van der Waals surface area contributed by atoms with Gasteiger partial charge in [-0.1, -0.05) is 29.8 Å². The van der Waals surface area contributed by atoms with Gasteiger partial charge < -0.3 is 19.9 Å². The first-order valence-corrected chi connectivity index (χ1v) is 8.23. The van der Waals surface area contributed by atoms with Crippen molar-refractivity contribution in [3.05, 3.63) is 64.8 Å². The average Bonchev–Trinajstić information content (AvgIpc) is 3.22. The standard InChI is InChI=1S/C19H14ClN3O3/c20-15-4-2-1-3-12(15)10-23-13(9-21)7-16(22)19(23)26-14-5-6-17-18(8-14)25-11-24-17/h1-8H,10-11,22H2. The fraction of sp³-hybridized carbons (Fsp3) is 0.105. The fourth-order valence-corrected chi connectivity index (χ4v) is 2.96. The number of halogens is 1. The van der Waals surface area contributed by atoms with Crippen LogP contribution in [-0.2, 0) is 6.54 Å². The van der Waals surface area contributed by atoms with Gasteiger partial charge in [0.1, 0.15) is 17.5 Å². The summed E-state index contributed by atoms with van der Waals surface area (Å²) in [6.45, 7) is 0.544. The second-order valence-corrected chi connectivity index (χ2v) is 6.10. The number of fused-ring (bicyclic) bond motifs is 1. The van der Waals surface area contributed by atoms with E-state index >= 15 is 0 Å². The number of ether oxygens (including phenoxy) is 3. The van der Waals surface area contributed by atoms with E-state index in [9.17, 15) is 5.26 Å². The summed E-state index contributed by atoms with van der Waals surface area (Å²) in [5.74, 6) is 2.17. The molecule has 0 amide bonds. The van der Waals surface area contributed by atoms with Crippen LogP contribution >= 0.6 is 11.6 Å². The summed E-state index contributed by atoms with van der Waals surface area (Å²) in [7, 11) is 0. The number of rotatable bonds is 4. The van der Waals surface area contributed by atoms with Gasteiger partial charge in [0.2, 0.25) is 12.7 Å². The van der Waals surface area contributed by atoms with Crippen LogP contribution in [0, 0.1) is 11.3 Å². The summed E-state index contributed by atoms with van der Waals surface area (Å²) >= 11 is 6.25. The molecule has 0 aliphatic carbocycles. The van der Waals surface area contributed by atoms with Crippen molar-refractivity contribution in [3.8, 4) is 29.2 Å². The van der Waals surface area contributed by atoms with Crippen LogP contribution in [0.15, 0.2) is 48.5 Å². The van der Waals surface area contributed by atoms with Crippen molar-refractivity contribution in [2.75, 3.05) is 12.5 Å². The van der Waals surface area contributed by atoms with Gasteiger partial charge in [0, 0.05) is 17.2 Å². The molecular formula is C19H14ClN3O3. The Labute approximate surface area is 154 Å². The average molecular weight is 368 g/mol. The van der Waals surface area contributed by atoms with E-state index in [0.29, 0.717) is 46.1 Å². The summed E-state index contributed by atoms with van der Waals surface area (Å²) in [5.41, 5.74) is 7.70. The lowest BCUT2D eigenvalue weighted by Crippen LogP contribution is -2.05. The molecule has 0 saturated carbocycles. The number of hydrogen-bond donors (Lipinski definition) is 1. The second kappa shape index (κ2) is 6.54. The summed E-state index contributed by atoms with van der Waals surface area (Å²) in [5, 5.41) is 10.1. The molecule has 0 unspecified atom stereocenters. The summed E-state index contributed by atoms with van der Waals surface area (Å²) in [4.78, 5) is 0. The number of nitrogens with zero attached hydrogens (tertiary/aromatic N) is 2. The molecule has 7 heteroatoms. The normalized spacial score (nSPS) is 12.0. The van der Waals surface area contributed by atoms with Gasteiger partial charge in [-0.3, -0.25) is 4.57 Å². The van der Waals surface area contributed by atoms with Gasteiger partial charge in [-0.05, 0) is 23.8 Å². The third-order valence-electron chi connectivity index (χ3n) is 4.03. The number of anilines is 1. The predicted octanol–water partition coefficient (Wildman–Crippen LogP) is 4.16. The van der Waals surface area contributed by atoms with Gasteiger partial charge in [-0.2, -0.15) is 5.26 Å². The van der Waals surface area contributed by atoms with Gasteiger partial charge in [-0.25, -0.2) is 0 Å². The molecule has 4 rings (SSSR count). The second-order valence-electron chi connectivity index (χ2n) is 5.70. The highest BCUT2D eigenvalue weighted by atomic mass is 35.5. The summed E-state index contributed by atoms with van der Waals surface area (Å²) in [6.07, 6.45) is 0. The lowest BCUT2D eigenvalue weighted by molar-refractivity contribution is 0.174. The molecule has 2 heterocycles. The maximum absolute atomic E-state index is 9.44. The Kier molecular flexibility index (Phi) is 4.07. The molecule has 0 saturated heterocycles. The topological polar surface area (TPSA) is 82.4 Å². The monoisotopic (exact) mass is 367 g/mol. The van der Waals surface area contributed by atoms with Crippen molar-refractivity contribution in [3.63, 3.8) is 0 Å². The predicted molar refractivity (Wildman–Crippen MR) is 96.8 cm³/mol. The third kappa shape index (κ3) is 2.89. The molecule has 0 radical (unpaired) electrons. The molecule has 2 aromatic carbocycles. The fourth-order valence-electron chi connectivity index (χ4n) is 2.76. The maximum Gasteiger partial charge on any atom is 0.231 e. The molecule has 0 spiro atoms. The lowest BCUT2D eigenvalue weighted by Gasteiger charge is -2.13. The first-order valence-electron chi connectivity index (χ1n) is 7.85. The number of aromatic nitrogens is 1. The first kappa shape index (κ1) is 16.2. The molecule has 130 valence electrons. The van der Waals surface area contributed by atoms with Gasteiger partial charge in [0.15, 0.2) is 11.5 Å². The van der Waals surface area contributed by atoms with E-state index < -0.39 is 0 Å². The van der Waals surface area contributed by atoms with Crippen LogP contribution < -0.4 is 19.9 Å². The Morgan fingerprint density at radius 3 is 2.77 bits per heavy atom. The number of nitriles is 1. The Balaban J connectivity index is 1.71. The molecule has 6 nitrogen and oxygen atoms in total. The molecule has 1 aliphatic rings. The van der Waals surface area contributed by atoms with Crippen molar-refractivity contribution in [2.45, 2.75) is 6.54 Å². The summed E-state index contributed by atoms with van der Waals surface area (Å²) in [6, 6.07) is 16.4. The van der Waals surface area contributed by atoms with Gasteiger partial charge in [0.25, 0.3) is 0 Å². The smallest absolute Gasteiger partial charge is 0.231 e. The van der Waals surface area contributed by atoms with Crippen LogP contribution in [0.2, 0.25) is 5.02 Å². The quantitative estimate of drug-likeness (QED) is 0.748. The zero-order chi connectivity index (χ0) is 18.1. The van der Waals surface area contributed by atoms with E-state index in [0.717, 1.165) is 5.56 Å². The highest BCUT2D eigenvalue weighted by Gasteiger charge is 2.19.